The molecule has 98 valence electrons. The molecule has 4 nitrogen and oxygen atoms in total. The van der Waals surface area contributed by atoms with Crippen LogP contribution in [0.2, 0.25) is 0 Å². The Morgan fingerprint density at radius 1 is 1.56 bits per heavy atom. The van der Waals surface area contributed by atoms with Crippen LogP contribution >= 0.6 is 0 Å². The molecule has 0 radical (unpaired) electrons. The molecular formula is C14H21N3O. The van der Waals surface area contributed by atoms with Gasteiger partial charge in [0.2, 0.25) is 0 Å². The van der Waals surface area contributed by atoms with Gasteiger partial charge < -0.3 is 10.2 Å². The third-order valence-electron chi connectivity index (χ3n) is 3.60. The van der Waals surface area contributed by atoms with Crippen LogP contribution in [0.3, 0.4) is 0 Å². The Kier molecular flexibility index (Phi) is 3.84. The summed E-state index contributed by atoms with van der Waals surface area (Å²) in [7, 11) is 1.88. The molecule has 1 unspecified atom stereocenters. The van der Waals surface area contributed by atoms with Crippen molar-refractivity contribution in [3.05, 3.63) is 23.9 Å². The molecule has 1 saturated carbocycles. The van der Waals surface area contributed by atoms with Gasteiger partial charge in [0.05, 0.1) is 5.56 Å². The van der Waals surface area contributed by atoms with E-state index in [9.17, 15) is 4.79 Å². The van der Waals surface area contributed by atoms with Gasteiger partial charge in [0.15, 0.2) is 0 Å². The third-order valence-corrected chi connectivity index (χ3v) is 3.60. The van der Waals surface area contributed by atoms with Gasteiger partial charge in [0, 0.05) is 25.8 Å². The molecule has 2 rings (SSSR count). The van der Waals surface area contributed by atoms with Crippen LogP contribution in [0.15, 0.2) is 18.3 Å². The maximum Gasteiger partial charge on any atom is 0.255 e. The molecule has 1 atom stereocenters. The Balaban J connectivity index is 2.03. The molecule has 0 aromatic carbocycles. The second-order valence-electron chi connectivity index (χ2n) is 4.96. The lowest BCUT2D eigenvalue weighted by atomic mass is 10.1. The number of carbonyl (C=O) groups is 1. The smallest absolute Gasteiger partial charge is 0.255 e. The monoisotopic (exact) mass is 247 g/mol. The lowest BCUT2D eigenvalue weighted by molar-refractivity contribution is 0.0727. The van der Waals surface area contributed by atoms with Gasteiger partial charge in [-0.1, -0.05) is 0 Å². The number of anilines is 1. The van der Waals surface area contributed by atoms with E-state index in [-0.39, 0.29) is 5.91 Å². The molecule has 1 heterocycles. The average Bonchev–Trinajstić information content (AvgIpc) is 3.22. The maximum atomic E-state index is 12.3. The topological polar surface area (TPSA) is 45.2 Å². The van der Waals surface area contributed by atoms with Gasteiger partial charge in [-0.3, -0.25) is 4.79 Å². The number of carbonyl (C=O) groups excluding carboxylic acids is 1. The Bertz CT molecular complexity index is 412. The summed E-state index contributed by atoms with van der Waals surface area (Å²) in [6, 6.07) is 4.02. The predicted molar refractivity (Wildman–Crippen MR) is 72.7 cm³/mol. The molecule has 0 aliphatic heterocycles. The van der Waals surface area contributed by atoms with Gasteiger partial charge in [0.25, 0.3) is 5.91 Å². The van der Waals surface area contributed by atoms with Gasteiger partial charge in [-0.05, 0) is 44.7 Å². The normalized spacial score (nSPS) is 16.2. The second kappa shape index (κ2) is 5.38. The predicted octanol–water partition coefficient (Wildman–Crippen LogP) is 2.38. The molecule has 1 aromatic heterocycles. The molecular weight excluding hydrogens is 226 g/mol. The molecule has 4 heteroatoms. The molecule has 1 N–H and O–H groups in total. The number of nitrogens with zero attached hydrogens (tertiary/aromatic N) is 2. The van der Waals surface area contributed by atoms with E-state index in [0.29, 0.717) is 17.5 Å². The first kappa shape index (κ1) is 12.9. The summed E-state index contributed by atoms with van der Waals surface area (Å²) >= 11 is 0. The number of aromatic nitrogens is 1. The minimum atomic E-state index is 0.0601. The molecule has 1 aliphatic rings. The van der Waals surface area contributed by atoms with E-state index in [0.717, 1.165) is 12.4 Å². The highest BCUT2D eigenvalue weighted by Crippen LogP contribution is 2.35. The van der Waals surface area contributed by atoms with E-state index in [4.69, 9.17) is 0 Å². The van der Waals surface area contributed by atoms with Crippen LogP contribution in [0.5, 0.6) is 0 Å². The first-order chi connectivity index (χ1) is 8.63. The van der Waals surface area contributed by atoms with Crippen molar-refractivity contribution in [3.8, 4) is 0 Å². The number of pyridine rings is 1. The van der Waals surface area contributed by atoms with E-state index < -0.39 is 0 Å². The second-order valence-corrected chi connectivity index (χ2v) is 4.96. The quantitative estimate of drug-likeness (QED) is 0.869. The van der Waals surface area contributed by atoms with Crippen molar-refractivity contribution < 1.29 is 4.79 Å². The zero-order valence-electron chi connectivity index (χ0n) is 11.3. The summed E-state index contributed by atoms with van der Waals surface area (Å²) in [6.07, 6.45) is 4.14. The third kappa shape index (κ3) is 2.81. The summed E-state index contributed by atoms with van der Waals surface area (Å²) in [4.78, 5) is 18.3. The standard InChI is InChI=1S/C14H21N3O/c1-4-15-13-8-7-12(9-16-13)14(18)17(3)10(2)11-5-6-11/h7-11H,4-6H2,1-3H3,(H,15,16). The zero-order chi connectivity index (χ0) is 13.1. The molecule has 1 amide bonds. The van der Waals surface area contributed by atoms with Crippen molar-refractivity contribution in [2.75, 3.05) is 18.9 Å². The Hall–Kier alpha value is -1.58. The fourth-order valence-corrected chi connectivity index (χ4v) is 2.09. The Labute approximate surface area is 108 Å². The van der Waals surface area contributed by atoms with E-state index in [1.807, 2.05) is 31.0 Å². The number of hydrogen-bond acceptors (Lipinski definition) is 3. The van der Waals surface area contributed by atoms with Crippen molar-refractivity contribution >= 4 is 11.7 Å². The first-order valence-corrected chi connectivity index (χ1v) is 6.60. The van der Waals surface area contributed by atoms with Gasteiger partial charge >= 0.3 is 0 Å². The van der Waals surface area contributed by atoms with Crippen molar-refractivity contribution in [1.29, 1.82) is 0 Å². The molecule has 0 spiro atoms. The van der Waals surface area contributed by atoms with Crippen molar-refractivity contribution in [1.82, 2.24) is 9.88 Å². The van der Waals surface area contributed by atoms with E-state index in [2.05, 4.69) is 17.2 Å². The van der Waals surface area contributed by atoms with Crippen molar-refractivity contribution in [2.24, 2.45) is 5.92 Å². The van der Waals surface area contributed by atoms with Gasteiger partial charge in [-0.15, -0.1) is 0 Å². The van der Waals surface area contributed by atoms with Crippen molar-refractivity contribution in [2.45, 2.75) is 32.7 Å². The van der Waals surface area contributed by atoms with Crippen LogP contribution < -0.4 is 5.32 Å². The van der Waals surface area contributed by atoms with E-state index in [1.54, 1.807) is 6.20 Å². The highest BCUT2D eigenvalue weighted by molar-refractivity contribution is 5.94. The fourth-order valence-electron chi connectivity index (χ4n) is 2.09. The van der Waals surface area contributed by atoms with Gasteiger partial charge in [-0.2, -0.15) is 0 Å². The highest BCUT2D eigenvalue weighted by atomic mass is 16.2. The number of amides is 1. The summed E-state index contributed by atoms with van der Waals surface area (Å²) in [6.45, 7) is 4.97. The Morgan fingerprint density at radius 3 is 2.78 bits per heavy atom. The van der Waals surface area contributed by atoms with Crippen LogP contribution in [-0.2, 0) is 0 Å². The maximum absolute atomic E-state index is 12.3. The largest absolute Gasteiger partial charge is 0.370 e. The molecule has 1 aromatic rings. The SMILES string of the molecule is CCNc1ccc(C(=O)N(C)C(C)C2CC2)cn1. The van der Waals surface area contributed by atoms with Gasteiger partial charge in [0.1, 0.15) is 5.82 Å². The number of hydrogen-bond donors (Lipinski definition) is 1. The molecule has 1 fully saturated rings. The average molecular weight is 247 g/mol. The lowest BCUT2D eigenvalue weighted by Gasteiger charge is -2.24. The van der Waals surface area contributed by atoms with E-state index >= 15 is 0 Å². The van der Waals surface area contributed by atoms with E-state index in [1.165, 1.54) is 12.8 Å². The van der Waals surface area contributed by atoms with Crippen LogP contribution in [-0.4, -0.2) is 35.4 Å². The summed E-state index contributed by atoms with van der Waals surface area (Å²) in [5.74, 6) is 1.56. The minimum absolute atomic E-state index is 0.0601. The van der Waals surface area contributed by atoms with Crippen LogP contribution in [0.25, 0.3) is 0 Å². The van der Waals surface area contributed by atoms with Crippen molar-refractivity contribution in [3.63, 3.8) is 0 Å². The zero-order valence-corrected chi connectivity index (χ0v) is 11.3. The fraction of sp³-hybridized carbons (Fsp3) is 0.571. The molecule has 1 aliphatic carbocycles. The minimum Gasteiger partial charge on any atom is -0.370 e. The molecule has 0 saturated heterocycles. The highest BCUT2D eigenvalue weighted by Gasteiger charge is 2.32. The van der Waals surface area contributed by atoms with Crippen LogP contribution in [0, 0.1) is 5.92 Å². The summed E-state index contributed by atoms with van der Waals surface area (Å²) < 4.78 is 0. The van der Waals surface area contributed by atoms with Gasteiger partial charge in [-0.25, -0.2) is 4.98 Å². The Morgan fingerprint density at radius 2 is 2.28 bits per heavy atom. The first-order valence-electron chi connectivity index (χ1n) is 6.60. The summed E-state index contributed by atoms with van der Waals surface area (Å²) in [5.41, 5.74) is 0.659. The lowest BCUT2D eigenvalue weighted by Crippen LogP contribution is -2.36. The van der Waals surface area contributed by atoms with Crippen LogP contribution in [0.4, 0.5) is 5.82 Å². The number of rotatable bonds is 5. The molecule has 0 bridgehead atoms. The molecule has 18 heavy (non-hydrogen) atoms. The summed E-state index contributed by atoms with van der Waals surface area (Å²) in [5, 5.41) is 3.12. The number of nitrogens with one attached hydrogen (secondary N) is 1. The van der Waals surface area contributed by atoms with Crippen LogP contribution in [0.1, 0.15) is 37.0 Å².